The number of ether oxygens (including phenoxy) is 1. The second kappa shape index (κ2) is 10.1. The van der Waals surface area contributed by atoms with Crippen molar-refractivity contribution >= 4 is 27.3 Å². The highest BCUT2D eigenvalue weighted by Crippen LogP contribution is 2.23. The van der Waals surface area contributed by atoms with Gasteiger partial charge in [-0.15, -0.1) is 0 Å². The van der Waals surface area contributed by atoms with Gasteiger partial charge in [-0.3, -0.25) is 19.6 Å². The Morgan fingerprint density at radius 3 is 2.48 bits per heavy atom. The van der Waals surface area contributed by atoms with E-state index in [-0.39, 0.29) is 40.8 Å². The van der Waals surface area contributed by atoms with E-state index in [1.807, 2.05) is 0 Å². The van der Waals surface area contributed by atoms with E-state index in [2.05, 4.69) is 4.72 Å². The van der Waals surface area contributed by atoms with Gasteiger partial charge in [0, 0.05) is 19.2 Å². The van der Waals surface area contributed by atoms with Gasteiger partial charge in [0.15, 0.2) is 0 Å². The summed E-state index contributed by atoms with van der Waals surface area (Å²) in [5.41, 5.74) is -0.251. The first-order chi connectivity index (χ1) is 15.7. The van der Waals surface area contributed by atoms with Crippen LogP contribution in [0.15, 0.2) is 77.7 Å². The number of nitro benzene ring substituents is 1. The van der Waals surface area contributed by atoms with Gasteiger partial charge in [-0.25, -0.2) is 12.8 Å². The van der Waals surface area contributed by atoms with E-state index in [0.29, 0.717) is 5.75 Å². The molecule has 0 aliphatic carbocycles. The molecule has 0 aromatic heterocycles. The van der Waals surface area contributed by atoms with E-state index in [4.69, 9.17) is 4.74 Å². The Kier molecular flexibility index (Phi) is 7.23. The third-order valence-corrected chi connectivity index (χ3v) is 5.96. The van der Waals surface area contributed by atoms with Crippen LogP contribution in [0.5, 0.6) is 5.75 Å². The van der Waals surface area contributed by atoms with Gasteiger partial charge in [-0.2, -0.15) is 0 Å². The number of non-ortho nitro benzene ring substituents is 1. The Balaban J connectivity index is 1.72. The van der Waals surface area contributed by atoms with Crippen molar-refractivity contribution in [3.8, 4) is 5.75 Å². The molecule has 1 amide bonds. The van der Waals surface area contributed by atoms with Crippen molar-refractivity contribution in [3.63, 3.8) is 0 Å². The molecule has 0 saturated heterocycles. The Morgan fingerprint density at radius 2 is 1.79 bits per heavy atom. The number of carbonyl (C=O) groups excluding carboxylic acids is 1. The number of likely N-dealkylation sites (N-methyl/N-ethyl adjacent to an activating group) is 1. The number of hydrogen-bond donors (Lipinski definition) is 1. The number of nitrogens with zero attached hydrogens (tertiary/aromatic N) is 2. The fourth-order valence-corrected chi connectivity index (χ4v) is 3.98. The Bertz CT molecular complexity index is 1270. The number of amides is 1. The number of carbonyl (C=O) groups is 1. The summed E-state index contributed by atoms with van der Waals surface area (Å²) in [5, 5.41) is 11.0. The predicted molar refractivity (Wildman–Crippen MR) is 119 cm³/mol. The molecule has 0 bridgehead atoms. The summed E-state index contributed by atoms with van der Waals surface area (Å²) in [4.78, 5) is 24.2. The van der Waals surface area contributed by atoms with Crippen LogP contribution < -0.4 is 9.46 Å². The third kappa shape index (κ3) is 6.04. The second-order valence-electron chi connectivity index (χ2n) is 6.93. The summed E-state index contributed by atoms with van der Waals surface area (Å²) in [5.74, 6) is -0.406. The fourth-order valence-electron chi connectivity index (χ4n) is 2.86. The SMILES string of the molecule is CN(CCOc1ccc(F)cc1)C(=O)c1ccccc1NS(=O)(=O)c1cccc([N+](=O)[O-])c1. The lowest BCUT2D eigenvalue weighted by Gasteiger charge is -2.20. The molecule has 0 atom stereocenters. The standard InChI is InChI=1S/C22H20FN3O6S/c1-25(13-14-32-18-11-9-16(23)10-12-18)22(27)20-7-2-3-8-21(20)24-33(30,31)19-6-4-5-17(15-19)26(28)29/h2-12,15,24H,13-14H2,1H3. The maximum absolute atomic E-state index is 13.0. The topological polar surface area (TPSA) is 119 Å². The molecule has 0 aliphatic heterocycles. The highest BCUT2D eigenvalue weighted by molar-refractivity contribution is 7.92. The molecule has 0 heterocycles. The lowest BCUT2D eigenvalue weighted by Crippen LogP contribution is -2.31. The molecule has 33 heavy (non-hydrogen) atoms. The smallest absolute Gasteiger partial charge is 0.270 e. The van der Waals surface area contributed by atoms with Crippen LogP contribution >= 0.6 is 0 Å². The van der Waals surface area contributed by atoms with Crippen LogP contribution in [0.2, 0.25) is 0 Å². The average molecular weight is 473 g/mol. The Morgan fingerprint density at radius 1 is 1.09 bits per heavy atom. The molecule has 0 unspecified atom stereocenters. The minimum atomic E-state index is -4.19. The summed E-state index contributed by atoms with van der Waals surface area (Å²) in [7, 11) is -2.66. The quantitative estimate of drug-likeness (QED) is 0.374. The molecule has 0 radical (unpaired) electrons. The monoisotopic (exact) mass is 473 g/mol. The zero-order valence-corrected chi connectivity index (χ0v) is 18.3. The maximum Gasteiger partial charge on any atom is 0.270 e. The van der Waals surface area contributed by atoms with Gasteiger partial charge in [0.1, 0.15) is 18.2 Å². The maximum atomic E-state index is 13.0. The summed E-state index contributed by atoms with van der Waals surface area (Å²) in [6.07, 6.45) is 0. The molecule has 0 spiro atoms. The first-order valence-electron chi connectivity index (χ1n) is 9.67. The molecular weight excluding hydrogens is 453 g/mol. The van der Waals surface area contributed by atoms with E-state index < -0.39 is 20.9 Å². The van der Waals surface area contributed by atoms with Crippen LogP contribution in [-0.2, 0) is 10.0 Å². The van der Waals surface area contributed by atoms with Crippen molar-refractivity contribution in [2.24, 2.45) is 0 Å². The van der Waals surface area contributed by atoms with Crippen LogP contribution in [0.4, 0.5) is 15.8 Å². The first kappa shape index (κ1) is 23.7. The number of anilines is 1. The zero-order valence-electron chi connectivity index (χ0n) is 17.5. The van der Waals surface area contributed by atoms with Gasteiger partial charge in [0.25, 0.3) is 21.6 Å². The van der Waals surface area contributed by atoms with Crippen LogP contribution in [-0.4, -0.2) is 44.3 Å². The van der Waals surface area contributed by atoms with Crippen LogP contribution in [0.1, 0.15) is 10.4 Å². The Hall–Kier alpha value is -3.99. The van der Waals surface area contributed by atoms with Crippen LogP contribution in [0.3, 0.4) is 0 Å². The highest BCUT2D eigenvalue weighted by atomic mass is 32.2. The zero-order chi connectivity index (χ0) is 24.0. The first-order valence-corrected chi connectivity index (χ1v) is 11.2. The summed E-state index contributed by atoms with van der Waals surface area (Å²) >= 11 is 0. The van der Waals surface area contributed by atoms with Crippen LogP contribution in [0, 0.1) is 15.9 Å². The number of sulfonamides is 1. The van der Waals surface area contributed by atoms with Gasteiger partial charge in [-0.1, -0.05) is 18.2 Å². The molecule has 3 aromatic carbocycles. The minimum Gasteiger partial charge on any atom is -0.492 e. The molecule has 0 aliphatic rings. The van der Waals surface area contributed by atoms with Crippen molar-refractivity contribution in [1.29, 1.82) is 0 Å². The van der Waals surface area contributed by atoms with Crippen LogP contribution in [0.25, 0.3) is 0 Å². The lowest BCUT2D eigenvalue weighted by atomic mass is 10.1. The van der Waals surface area contributed by atoms with Crippen molar-refractivity contribution in [3.05, 3.63) is 94.3 Å². The summed E-state index contributed by atoms with van der Waals surface area (Å²) in [6, 6.07) is 16.1. The number of nitrogens with one attached hydrogen (secondary N) is 1. The van der Waals surface area contributed by atoms with Crippen molar-refractivity contribution in [2.45, 2.75) is 4.90 Å². The van der Waals surface area contributed by atoms with E-state index >= 15 is 0 Å². The average Bonchev–Trinajstić information content (AvgIpc) is 2.80. The summed E-state index contributed by atoms with van der Waals surface area (Å²) in [6.45, 7) is 0.317. The van der Waals surface area contributed by atoms with E-state index in [1.54, 1.807) is 12.1 Å². The van der Waals surface area contributed by atoms with Gasteiger partial charge >= 0.3 is 0 Å². The lowest BCUT2D eigenvalue weighted by molar-refractivity contribution is -0.385. The highest BCUT2D eigenvalue weighted by Gasteiger charge is 2.22. The number of rotatable bonds is 9. The number of para-hydroxylation sites is 1. The molecule has 3 rings (SSSR count). The Labute approximate surface area is 189 Å². The molecule has 0 fully saturated rings. The number of nitro groups is 1. The molecule has 0 saturated carbocycles. The minimum absolute atomic E-state index is 0.0281. The third-order valence-electron chi connectivity index (χ3n) is 4.60. The van der Waals surface area contributed by atoms with Gasteiger partial charge in [0.05, 0.1) is 27.6 Å². The summed E-state index contributed by atoms with van der Waals surface area (Å²) < 4.78 is 46.3. The van der Waals surface area contributed by atoms with E-state index in [1.165, 1.54) is 66.5 Å². The van der Waals surface area contributed by atoms with Gasteiger partial charge in [-0.05, 0) is 42.5 Å². The molecule has 172 valence electrons. The van der Waals surface area contributed by atoms with Crippen molar-refractivity contribution in [1.82, 2.24) is 4.90 Å². The number of benzene rings is 3. The van der Waals surface area contributed by atoms with E-state index in [0.717, 1.165) is 6.07 Å². The molecule has 9 nitrogen and oxygen atoms in total. The van der Waals surface area contributed by atoms with Crippen molar-refractivity contribution in [2.75, 3.05) is 24.9 Å². The van der Waals surface area contributed by atoms with Gasteiger partial charge in [0.2, 0.25) is 0 Å². The molecule has 3 aromatic rings. The predicted octanol–water partition coefficient (Wildman–Crippen LogP) is 3.69. The number of halogens is 1. The molecule has 11 heteroatoms. The second-order valence-corrected chi connectivity index (χ2v) is 8.62. The van der Waals surface area contributed by atoms with Crippen molar-refractivity contribution < 1.29 is 27.3 Å². The normalized spacial score (nSPS) is 11.0. The molecule has 1 N–H and O–H groups in total. The van der Waals surface area contributed by atoms with E-state index in [9.17, 15) is 27.7 Å². The number of hydrogen-bond acceptors (Lipinski definition) is 6. The fraction of sp³-hybridized carbons (Fsp3) is 0.136. The molecular formula is C22H20FN3O6S. The largest absolute Gasteiger partial charge is 0.492 e. The van der Waals surface area contributed by atoms with Gasteiger partial charge < -0.3 is 9.64 Å².